The lowest BCUT2D eigenvalue weighted by molar-refractivity contribution is -0.115. The summed E-state index contributed by atoms with van der Waals surface area (Å²) in [6, 6.07) is 9.04. The second-order valence-electron chi connectivity index (χ2n) is 9.28. The topological polar surface area (TPSA) is 142 Å². The fourth-order valence-electron chi connectivity index (χ4n) is 4.46. The summed E-state index contributed by atoms with van der Waals surface area (Å²) in [4.78, 5) is 24.5. The average molecular weight is 451 g/mol. The zero-order valence-corrected chi connectivity index (χ0v) is 19.2. The van der Waals surface area contributed by atoms with Gasteiger partial charge in [0.25, 0.3) is 5.91 Å². The van der Waals surface area contributed by atoms with Crippen LogP contribution in [0.1, 0.15) is 74.1 Å². The first kappa shape index (κ1) is 22.6. The molecular formula is C24H30N6O3. The Hall–Kier alpha value is -3.62. The number of benzene rings is 1. The van der Waals surface area contributed by atoms with E-state index < -0.39 is 5.91 Å². The van der Waals surface area contributed by atoms with E-state index in [1.54, 1.807) is 16.8 Å². The maximum atomic E-state index is 12.5. The fraction of sp³-hybridized carbons (Fsp3) is 0.417. The summed E-state index contributed by atoms with van der Waals surface area (Å²) < 4.78 is 6.93. The third kappa shape index (κ3) is 4.48. The number of hydrogen-bond donors (Lipinski definition) is 3. The number of nitrogens with one attached hydrogen (secondary N) is 1. The summed E-state index contributed by atoms with van der Waals surface area (Å²) in [6.07, 6.45) is 4.70. The molecule has 1 saturated carbocycles. The van der Waals surface area contributed by atoms with E-state index in [4.69, 9.17) is 16.0 Å². The fourth-order valence-corrected chi connectivity index (χ4v) is 4.46. The minimum absolute atomic E-state index is 0.0207. The van der Waals surface area contributed by atoms with Gasteiger partial charge < -0.3 is 16.0 Å². The van der Waals surface area contributed by atoms with Gasteiger partial charge in [-0.1, -0.05) is 49.2 Å². The molecule has 1 aromatic carbocycles. The van der Waals surface area contributed by atoms with Gasteiger partial charge in [-0.25, -0.2) is 4.68 Å². The molecule has 0 unspecified atom stereocenters. The Bertz CT molecular complexity index is 1170. The number of carbonyl (C=O) groups excluding carboxylic acids is 2. The molecule has 4 rings (SSSR count). The molecule has 1 fully saturated rings. The normalized spacial score (nSPS) is 15.2. The first-order valence-electron chi connectivity index (χ1n) is 11.2. The summed E-state index contributed by atoms with van der Waals surface area (Å²) in [5.74, 6) is -0.224. The van der Waals surface area contributed by atoms with Crippen LogP contribution in [-0.2, 0) is 16.6 Å². The first-order valence-corrected chi connectivity index (χ1v) is 11.2. The maximum absolute atomic E-state index is 12.5. The third-order valence-electron chi connectivity index (χ3n) is 6.37. The summed E-state index contributed by atoms with van der Waals surface area (Å²) in [7, 11) is 0. The van der Waals surface area contributed by atoms with Gasteiger partial charge in [0.1, 0.15) is 17.1 Å². The number of aromatic nitrogens is 3. The van der Waals surface area contributed by atoms with E-state index in [-0.39, 0.29) is 35.2 Å². The van der Waals surface area contributed by atoms with Crippen molar-refractivity contribution in [1.82, 2.24) is 14.9 Å². The second kappa shape index (κ2) is 8.73. The molecule has 0 aliphatic heterocycles. The minimum Gasteiger partial charge on any atom is -0.383 e. The molecule has 9 nitrogen and oxygen atoms in total. The Labute approximate surface area is 192 Å². The van der Waals surface area contributed by atoms with Crippen LogP contribution in [0.15, 0.2) is 34.9 Å². The van der Waals surface area contributed by atoms with Crippen molar-refractivity contribution >= 4 is 23.5 Å². The van der Waals surface area contributed by atoms with Crippen molar-refractivity contribution in [3.8, 4) is 11.3 Å². The molecule has 0 atom stereocenters. The molecule has 0 saturated heterocycles. The SMILES string of the molecule is CC(C)n1nc(-c2ccc(CC(=O)Nc3cc(C4(C)CCCC4)no3)cc2)c(C(N)=O)c1N. The van der Waals surface area contributed by atoms with Crippen LogP contribution in [0.25, 0.3) is 11.3 Å². The van der Waals surface area contributed by atoms with Gasteiger partial charge in [-0.2, -0.15) is 5.10 Å². The number of nitrogens with zero attached hydrogens (tertiary/aromatic N) is 3. The van der Waals surface area contributed by atoms with E-state index in [0.717, 1.165) is 24.1 Å². The van der Waals surface area contributed by atoms with Gasteiger partial charge in [0, 0.05) is 23.1 Å². The van der Waals surface area contributed by atoms with E-state index in [2.05, 4.69) is 22.5 Å². The van der Waals surface area contributed by atoms with Crippen molar-refractivity contribution in [2.45, 2.75) is 64.3 Å². The summed E-state index contributed by atoms with van der Waals surface area (Å²) in [5, 5.41) is 11.4. The van der Waals surface area contributed by atoms with Crippen LogP contribution in [0.5, 0.6) is 0 Å². The number of nitrogen functional groups attached to an aromatic ring is 1. The lowest BCUT2D eigenvalue weighted by Gasteiger charge is -2.19. The second-order valence-corrected chi connectivity index (χ2v) is 9.28. The molecule has 1 aliphatic carbocycles. The molecule has 0 radical (unpaired) electrons. The molecule has 174 valence electrons. The Morgan fingerprint density at radius 3 is 2.48 bits per heavy atom. The third-order valence-corrected chi connectivity index (χ3v) is 6.37. The highest BCUT2D eigenvalue weighted by molar-refractivity contribution is 6.03. The van der Waals surface area contributed by atoms with Gasteiger partial charge >= 0.3 is 0 Å². The monoisotopic (exact) mass is 450 g/mol. The molecule has 9 heteroatoms. The minimum atomic E-state index is -0.629. The number of anilines is 2. The van der Waals surface area contributed by atoms with Gasteiger partial charge in [-0.05, 0) is 32.3 Å². The summed E-state index contributed by atoms with van der Waals surface area (Å²) >= 11 is 0. The number of primary amides is 1. The van der Waals surface area contributed by atoms with Gasteiger partial charge in [-0.15, -0.1) is 0 Å². The molecule has 33 heavy (non-hydrogen) atoms. The smallest absolute Gasteiger partial charge is 0.254 e. The number of hydrogen-bond acceptors (Lipinski definition) is 6. The molecule has 1 aliphatic rings. The van der Waals surface area contributed by atoms with Crippen molar-refractivity contribution in [1.29, 1.82) is 0 Å². The molecule has 2 heterocycles. The molecule has 2 amide bonds. The van der Waals surface area contributed by atoms with Crippen LogP contribution >= 0.6 is 0 Å². The Morgan fingerprint density at radius 2 is 1.88 bits per heavy atom. The van der Waals surface area contributed by atoms with Gasteiger partial charge in [0.2, 0.25) is 11.8 Å². The van der Waals surface area contributed by atoms with Crippen molar-refractivity contribution in [3.05, 3.63) is 47.2 Å². The summed E-state index contributed by atoms with van der Waals surface area (Å²) in [6.45, 7) is 6.03. The van der Waals surface area contributed by atoms with E-state index in [9.17, 15) is 9.59 Å². The first-order chi connectivity index (χ1) is 15.7. The Kier molecular flexibility index (Phi) is 5.97. The molecule has 0 spiro atoms. The highest BCUT2D eigenvalue weighted by atomic mass is 16.5. The van der Waals surface area contributed by atoms with E-state index >= 15 is 0 Å². The molecule has 3 aromatic rings. The number of rotatable bonds is 7. The van der Waals surface area contributed by atoms with E-state index in [1.165, 1.54) is 12.8 Å². The highest BCUT2D eigenvalue weighted by Gasteiger charge is 2.33. The zero-order valence-electron chi connectivity index (χ0n) is 19.2. The predicted octanol–water partition coefficient (Wildman–Crippen LogP) is 3.81. The number of amides is 2. The average Bonchev–Trinajstić information content (AvgIpc) is 3.48. The highest BCUT2D eigenvalue weighted by Crippen LogP contribution is 2.40. The van der Waals surface area contributed by atoms with E-state index in [0.29, 0.717) is 17.1 Å². The molecular weight excluding hydrogens is 420 g/mol. The van der Waals surface area contributed by atoms with Crippen LogP contribution < -0.4 is 16.8 Å². The Morgan fingerprint density at radius 1 is 1.21 bits per heavy atom. The maximum Gasteiger partial charge on any atom is 0.254 e. The van der Waals surface area contributed by atoms with Crippen LogP contribution in [-0.4, -0.2) is 26.8 Å². The molecule has 2 aromatic heterocycles. The van der Waals surface area contributed by atoms with E-state index in [1.807, 2.05) is 32.0 Å². The number of carbonyl (C=O) groups is 2. The van der Waals surface area contributed by atoms with Gasteiger partial charge in [0.05, 0.1) is 12.1 Å². The van der Waals surface area contributed by atoms with Crippen molar-refractivity contribution < 1.29 is 14.1 Å². The summed E-state index contributed by atoms with van der Waals surface area (Å²) in [5.41, 5.74) is 14.7. The van der Waals surface area contributed by atoms with Crippen molar-refractivity contribution in [3.63, 3.8) is 0 Å². The van der Waals surface area contributed by atoms with Crippen molar-refractivity contribution in [2.24, 2.45) is 5.73 Å². The molecule has 5 N–H and O–H groups in total. The quantitative estimate of drug-likeness (QED) is 0.499. The predicted molar refractivity (Wildman–Crippen MR) is 126 cm³/mol. The van der Waals surface area contributed by atoms with Gasteiger partial charge in [0.15, 0.2) is 0 Å². The lowest BCUT2D eigenvalue weighted by atomic mass is 9.85. The lowest BCUT2D eigenvalue weighted by Crippen LogP contribution is -2.17. The number of nitrogens with two attached hydrogens (primary N) is 2. The van der Waals surface area contributed by atoms with Gasteiger partial charge in [-0.3, -0.25) is 14.9 Å². The van der Waals surface area contributed by atoms with Crippen molar-refractivity contribution in [2.75, 3.05) is 11.1 Å². The Balaban J connectivity index is 1.45. The standard InChI is InChI=1S/C24H30N6O3/c1-14(2)30-22(25)20(23(26)32)21(28-30)16-8-6-15(7-9-16)12-18(31)27-19-13-17(29-33-19)24(3)10-4-5-11-24/h6-9,13-14H,4-5,10-12,25H2,1-3H3,(H2,26,32)(H,27,31). The van der Waals surface area contributed by atoms with Crippen LogP contribution in [0.4, 0.5) is 11.7 Å². The van der Waals surface area contributed by atoms with Crippen LogP contribution in [0.2, 0.25) is 0 Å². The molecule has 0 bridgehead atoms. The van der Waals surface area contributed by atoms with Crippen LogP contribution in [0.3, 0.4) is 0 Å². The zero-order chi connectivity index (χ0) is 23.8. The van der Waals surface area contributed by atoms with Crippen LogP contribution in [0, 0.1) is 0 Å². The largest absolute Gasteiger partial charge is 0.383 e.